The highest BCUT2D eigenvalue weighted by molar-refractivity contribution is 7.17. The number of alkyl halides is 2. The molecule has 2 aliphatic heterocycles. The third kappa shape index (κ3) is 4.45. The van der Waals surface area contributed by atoms with Gasteiger partial charge in [0, 0.05) is 41.9 Å². The van der Waals surface area contributed by atoms with Crippen LogP contribution in [0.1, 0.15) is 37.7 Å². The second-order valence-electron chi connectivity index (χ2n) is 11.1. The first kappa shape index (κ1) is 26.7. The maximum absolute atomic E-state index is 14.4. The highest BCUT2D eigenvalue weighted by Gasteiger charge is 2.69. The maximum atomic E-state index is 14.4. The molecule has 0 bridgehead atoms. The van der Waals surface area contributed by atoms with Crippen molar-refractivity contribution in [2.75, 3.05) is 34.8 Å². The number of benzene rings is 2. The molecule has 0 radical (unpaired) electrons. The summed E-state index contributed by atoms with van der Waals surface area (Å²) in [6.07, 6.45) is 0.918. The zero-order chi connectivity index (χ0) is 29.2. The van der Waals surface area contributed by atoms with E-state index in [1.807, 2.05) is 35.2 Å². The smallest absolute Gasteiger partial charge is 0.276 e. The van der Waals surface area contributed by atoms with Crippen LogP contribution in [0.5, 0.6) is 0 Å². The molecular weight excluding hydrogens is 561 g/mol. The van der Waals surface area contributed by atoms with Crippen LogP contribution in [0.4, 0.5) is 30.4 Å². The van der Waals surface area contributed by atoms with Gasteiger partial charge in [0.1, 0.15) is 17.3 Å². The van der Waals surface area contributed by atoms with Gasteiger partial charge in [-0.2, -0.15) is 0 Å². The van der Waals surface area contributed by atoms with Gasteiger partial charge in [-0.05, 0) is 61.2 Å². The van der Waals surface area contributed by atoms with Crippen molar-refractivity contribution >= 4 is 40.3 Å². The predicted molar refractivity (Wildman–Crippen MR) is 157 cm³/mol. The van der Waals surface area contributed by atoms with Crippen LogP contribution in [0, 0.1) is 24.6 Å². The second-order valence-corrected chi connectivity index (χ2v) is 12.1. The lowest BCUT2D eigenvalue weighted by Crippen LogP contribution is -2.35. The highest BCUT2D eigenvalue weighted by Crippen LogP contribution is 2.59. The quantitative estimate of drug-likeness (QED) is 0.285. The number of amides is 2. The van der Waals surface area contributed by atoms with E-state index in [4.69, 9.17) is 0 Å². The van der Waals surface area contributed by atoms with Crippen LogP contribution in [0.2, 0.25) is 0 Å². The Morgan fingerprint density at radius 1 is 1.02 bits per heavy atom. The first-order valence-corrected chi connectivity index (χ1v) is 14.7. The fourth-order valence-electron chi connectivity index (χ4n) is 6.18. The van der Waals surface area contributed by atoms with Crippen LogP contribution in [0.25, 0.3) is 10.4 Å². The van der Waals surface area contributed by atoms with E-state index in [2.05, 4.69) is 10.3 Å². The summed E-state index contributed by atoms with van der Waals surface area (Å²) in [6, 6.07) is 19.2. The monoisotopic (exact) mass is 588 g/mol. The van der Waals surface area contributed by atoms with Gasteiger partial charge in [-0.3, -0.25) is 9.59 Å². The standard InChI is InChI=1S/C32H27F3N4O2S/c1-18-6-4-8-23(33)28(18)37-30(40)26-16-19-12-15-39(25-10-3-2-7-20(25)29(19)42-26)31(41)24-9-5-11-27(36-24)38-14-13-21-22(17-38)32(21,34)35/h2-11,16,21-22H,12-15,17H2,1H3,(H,37,40). The predicted octanol–water partition coefficient (Wildman–Crippen LogP) is 6.80. The summed E-state index contributed by atoms with van der Waals surface area (Å²) in [5.74, 6) is -4.41. The minimum absolute atomic E-state index is 0.160. The number of hydrogen-bond donors (Lipinski definition) is 1. The highest BCUT2D eigenvalue weighted by atomic mass is 32.1. The molecule has 2 amide bonds. The van der Waals surface area contributed by atoms with E-state index in [9.17, 15) is 22.8 Å². The van der Waals surface area contributed by atoms with Gasteiger partial charge >= 0.3 is 0 Å². The summed E-state index contributed by atoms with van der Waals surface area (Å²) in [4.78, 5) is 36.5. The van der Waals surface area contributed by atoms with Crippen molar-refractivity contribution in [3.8, 4) is 10.4 Å². The van der Waals surface area contributed by atoms with Crippen LogP contribution in [-0.4, -0.2) is 42.4 Å². The number of para-hydroxylation sites is 2. The molecule has 2 aromatic carbocycles. The number of piperidine rings is 1. The van der Waals surface area contributed by atoms with Crippen molar-refractivity contribution in [3.05, 3.63) is 94.2 Å². The average Bonchev–Trinajstić information content (AvgIpc) is 3.35. The summed E-state index contributed by atoms with van der Waals surface area (Å²) in [6.45, 7) is 2.82. The zero-order valence-corrected chi connectivity index (χ0v) is 23.6. The summed E-state index contributed by atoms with van der Waals surface area (Å²) in [5.41, 5.74) is 3.48. The number of carbonyl (C=O) groups is 2. The second kappa shape index (κ2) is 9.97. The number of pyridine rings is 1. The maximum Gasteiger partial charge on any atom is 0.276 e. The largest absolute Gasteiger partial charge is 0.356 e. The van der Waals surface area contributed by atoms with E-state index < -0.39 is 23.6 Å². The fraction of sp³-hybridized carbons (Fsp3) is 0.281. The first-order chi connectivity index (χ1) is 20.2. The molecule has 3 aliphatic rings. The number of rotatable bonds is 4. The minimum atomic E-state index is -2.60. The van der Waals surface area contributed by atoms with E-state index in [1.54, 1.807) is 42.2 Å². The van der Waals surface area contributed by atoms with Gasteiger partial charge in [0.05, 0.1) is 16.3 Å². The number of anilines is 3. The Morgan fingerprint density at radius 3 is 2.64 bits per heavy atom. The summed E-state index contributed by atoms with van der Waals surface area (Å²) >= 11 is 1.31. The lowest BCUT2D eigenvalue weighted by Gasteiger charge is -2.27. The van der Waals surface area contributed by atoms with Crippen molar-refractivity contribution in [1.82, 2.24) is 4.98 Å². The van der Waals surface area contributed by atoms with Crippen LogP contribution in [-0.2, 0) is 6.42 Å². The van der Waals surface area contributed by atoms with Crippen molar-refractivity contribution in [1.29, 1.82) is 0 Å². The number of fused-ring (bicyclic) bond motifs is 4. The van der Waals surface area contributed by atoms with Gasteiger partial charge in [0.25, 0.3) is 17.7 Å². The molecule has 2 atom stereocenters. The number of aromatic nitrogens is 1. The van der Waals surface area contributed by atoms with Gasteiger partial charge < -0.3 is 15.1 Å². The molecule has 1 saturated heterocycles. The number of nitrogens with one attached hydrogen (secondary N) is 1. The van der Waals surface area contributed by atoms with Gasteiger partial charge in [0.2, 0.25) is 0 Å². The number of hydrogen-bond acceptors (Lipinski definition) is 5. The zero-order valence-electron chi connectivity index (χ0n) is 22.7. The molecule has 2 fully saturated rings. The van der Waals surface area contributed by atoms with E-state index >= 15 is 0 Å². The number of thiophene rings is 1. The molecule has 42 heavy (non-hydrogen) atoms. The van der Waals surface area contributed by atoms with Crippen LogP contribution in [0.3, 0.4) is 0 Å². The van der Waals surface area contributed by atoms with E-state index in [0.29, 0.717) is 47.9 Å². The molecule has 1 N–H and O–H groups in total. The molecule has 1 saturated carbocycles. The molecule has 2 unspecified atom stereocenters. The molecule has 4 aromatic rings. The summed E-state index contributed by atoms with van der Waals surface area (Å²) in [5, 5.41) is 2.71. The summed E-state index contributed by atoms with van der Waals surface area (Å²) < 4.78 is 42.3. The topological polar surface area (TPSA) is 65.5 Å². The third-order valence-electron chi connectivity index (χ3n) is 8.55. The van der Waals surface area contributed by atoms with Gasteiger partial charge in [-0.1, -0.05) is 36.4 Å². The Hall–Kier alpha value is -4.18. The van der Waals surface area contributed by atoms with E-state index in [1.165, 1.54) is 17.4 Å². The Kier molecular flexibility index (Phi) is 6.34. The molecule has 1 aliphatic carbocycles. The lowest BCUT2D eigenvalue weighted by molar-refractivity contribution is 0.0869. The van der Waals surface area contributed by atoms with Gasteiger partial charge in [-0.25, -0.2) is 18.2 Å². The van der Waals surface area contributed by atoms with Crippen molar-refractivity contribution < 1.29 is 22.8 Å². The number of carbonyl (C=O) groups excluding carboxylic acids is 2. The van der Waals surface area contributed by atoms with E-state index in [0.717, 1.165) is 16.0 Å². The molecular formula is C32H27F3N4O2S. The average molecular weight is 589 g/mol. The molecule has 4 heterocycles. The number of nitrogens with zero attached hydrogens (tertiary/aromatic N) is 3. The van der Waals surface area contributed by atoms with Crippen LogP contribution >= 0.6 is 11.3 Å². The van der Waals surface area contributed by atoms with E-state index in [-0.39, 0.29) is 29.7 Å². The van der Waals surface area contributed by atoms with Crippen molar-refractivity contribution in [2.45, 2.75) is 25.7 Å². The third-order valence-corrected chi connectivity index (χ3v) is 9.76. The molecule has 7 rings (SSSR count). The Labute approximate surface area is 244 Å². The van der Waals surface area contributed by atoms with Crippen molar-refractivity contribution in [2.24, 2.45) is 11.8 Å². The van der Waals surface area contributed by atoms with Crippen LogP contribution < -0.4 is 15.1 Å². The SMILES string of the molecule is Cc1cccc(F)c1NC(=O)c1cc2c(s1)-c1ccccc1N(C(=O)c1cccc(N3CCC4C(C3)C4(F)F)n1)CC2. The molecule has 6 nitrogen and oxygen atoms in total. The Balaban J connectivity index is 1.15. The summed E-state index contributed by atoms with van der Waals surface area (Å²) in [7, 11) is 0. The van der Waals surface area contributed by atoms with Gasteiger partial charge in [-0.15, -0.1) is 11.3 Å². The fourth-order valence-corrected chi connectivity index (χ4v) is 7.32. The van der Waals surface area contributed by atoms with Crippen molar-refractivity contribution in [3.63, 3.8) is 0 Å². The molecule has 10 heteroatoms. The normalized spacial score (nSPS) is 20.2. The Morgan fingerprint density at radius 2 is 1.83 bits per heavy atom. The molecule has 214 valence electrons. The van der Waals surface area contributed by atoms with Crippen LogP contribution in [0.15, 0.2) is 66.7 Å². The lowest BCUT2D eigenvalue weighted by atomic mass is 10.1. The molecule has 2 aromatic heterocycles. The van der Waals surface area contributed by atoms with Gasteiger partial charge in [0.15, 0.2) is 0 Å². The number of halogens is 3. The Bertz CT molecular complexity index is 1720. The minimum Gasteiger partial charge on any atom is -0.356 e. The number of aryl methyl sites for hydroxylation is 1. The molecule has 0 spiro atoms. The first-order valence-electron chi connectivity index (χ1n) is 13.9.